The number of methoxy groups -OCH3 is 1. The summed E-state index contributed by atoms with van der Waals surface area (Å²) in [6.45, 7) is 4.49. The zero-order valence-electron chi connectivity index (χ0n) is 9.47. The van der Waals surface area contributed by atoms with Gasteiger partial charge in [-0.3, -0.25) is 4.79 Å². The molecule has 0 radical (unpaired) electrons. The molecule has 90 valence electrons. The summed E-state index contributed by atoms with van der Waals surface area (Å²) in [7, 11) is 1.62. The third-order valence-corrected chi connectivity index (χ3v) is 2.75. The Bertz CT molecular complexity index is 194. The second-order valence-electron chi connectivity index (χ2n) is 3.70. The van der Waals surface area contributed by atoms with E-state index < -0.39 is 5.60 Å². The molecule has 2 N–H and O–H groups in total. The SMILES string of the molecule is CCCNC(=O)C1(OC)CCNCC1.Cl. The summed E-state index contributed by atoms with van der Waals surface area (Å²) in [4.78, 5) is 11.8. The van der Waals surface area contributed by atoms with Gasteiger partial charge in [0.05, 0.1) is 0 Å². The summed E-state index contributed by atoms with van der Waals surface area (Å²) < 4.78 is 5.39. The number of carbonyl (C=O) groups excluding carboxylic acids is 1. The van der Waals surface area contributed by atoms with Crippen LogP contribution in [0, 0.1) is 0 Å². The van der Waals surface area contributed by atoms with Crippen LogP contribution in [0.4, 0.5) is 0 Å². The molecule has 0 aromatic heterocycles. The molecule has 0 spiro atoms. The summed E-state index contributed by atoms with van der Waals surface area (Å²) >= 11 is 0. The molecule has 1 aliphatic rings. The van der Waals surface area contributed by atoms with Crippen molar-refractivity contribution in [2.75, 3.05) is 26.7 Å². The Morgan fingerprint density at radius 1 is 1.47 bits per heavy atom. The van der Waals surface area contributed by atoms with E-state index in [4.69, 9.17) is 4.74 Å². The minimum atomic E-state index is -0.583. The Morgan fingerprint density at radius 2 is 2.07 bits per heavy atom. The van der Waals surface area contributed by atoms with Gasteiger partial charge in [0.2, 0.25) is 0 Å². The third-order valence-electron chi connectivity index (χ3n) is 2.75. The van der Waals surface area contributed by atoms with Crippen LogP contribution < -0.4 is 10.6 Å². The third kappa shape index (κ3) is 3.63. The van der Waals surface area contributed by atoms with Gasteiger partial charge in [-0.25, -0.2) is 0 Å². The Morgan fingerprint density at radius 3 is 2.53 bits per heavy atom. The summed E-state index contributed by atoms with van der Waals surface area (Å²) in [6, 6.07) is 0. The van der Waals surface area contributed by atoms with Crippen LogP contribution >= 0.6 is 12.4 Å². The van der Waals surface area contributed by atoms with Crippen LogP contribution in [0.5, 0.6) is 0 Å². The molecule has 1 amide bonds. The van der Waals surface area contributed by atoms with Crippen LogP contribution in [0.2, 0.25) is 0 Å². The fourth-order valence-electron chi connectivity index (χ4n) is 1.75. The number of rotatable bonds is 4. The molecule has 0 atom stereocenters. The highest BCUT2D eigenvalue weighted by Crippen LogP contribution is 2.22. The van der Waals surface area contributed by atoms with Crippen molar-refractivity contribution in [3.63, 3.8) is 0 Å². The van der Waals surface area contributed by atoms with E-state index in [1.807, 2.05) is 6.92 Å². The zero-order chi connectivity index (χ0) is 10.4. The minimum absolute atomic E-state index is 0. The van der Waals surface area contributed by atoms with Gasteiger partial charge in [0.25, 0.3) is 5.91 Å². The van der Waals surface area contributed by atoms with Crippen LogP contribution in [0.3, 0.4) is 0 Å². The summed E-state index contributed by atoms with van der Waals surface area (Å²) in [6.07, 6.45) is 2.49. The second-order valence-corrected chi connectivity index (χ2v) is 3.70. The zero-order valence-corrected chi connectivity index (χ0v) is 10.3. The van der Waals surface area contributed by atoms with Gasteiger partial charge >= 0.3 is 0 Å². The molecule has 1 rings (SSSR count). The maximum Gasteiger partial charge on any atom is 0.252 e. The lowest BCUT2D eigenvalue weighted by Gasteiger charge is -2.34. The number of hydrogen-bond acceptors (Lipinski definition) is 3. The maximum atomic E-state index is 11.8. The summed E-state index contributed by atoms with van der Waals surface area (Å²) in [5.41, 5.74) is -0.583. The standard InChI is InChI=1S/C10H20N2O2.ClH/c1-3-6-12-9(13)10(14-2)4-7-11-8-5-10;/h11H,3-8H2,1-2H3,(H,12,13);1H. The molecule has 0 aromatic carbocycles. The molecule has 1 saturated heterocycles. The molecule has 0 aliphatic carbocycles. The highest BCUT2D eigenvalue weighted by atomic mass is 35.5. The van der Waals surface area contributed by atoms with Crippen molar-refractivity contribution in [1.29, 1.82) is 0 Å². The Hall–Kier alpha value is -0.320. The number of amides is 1. The first-order valence-corrected chi connectivity index (χ1v) is 5.29. The van der Waals surface area contributed by atoms with Gasteiger partial charge in [0.15, 0.2) is 0 Å². The van der Waals surface area contributed by atoms with Crippen molar-refractivity contribution in [3.8, 4) is 0 Å². The van der Waals surface area contributed by atoms with Crippen molar-refractivity contribution in [2.45, 2.75) is 31.8 Å². The van der Waals surface area contributed by atoms with Crippen LogP contribution in [0.1, 0.15) is 26.2 Å². The Labute approximate surface area is 97.5 Å². The molecular formula is C10H21ClN2O2. The predicted molar refractivity (Wildman–Crippen MR) is 62.4 cm³/mol. The molecule has 0 aromatic rings. The second kappa shape index (κ2) is 7.04. The van der Waals surface area contributed by atoms with Crippen LogP contribution in [0.15, 0.2) is 0 Å². The van der Waals surface area contributed by atoms with E-state index in [0.29, 0.717) is 0 Å². The first-order valence-electron chi connectivity index (χ1n) is 5.29. The van der Waals surface area contributed by atoms with E-state index in [-0.39, 0.29) is 18.3 Å². The van der Waals surface area contributed by atoms with E-state index in [2.05, 4.69) is 10.6 Å². The van der Waals surface area contributed by atoms with Crippen molar-refractivity contribution in [3.05, 3.63) is 0 Å². The normalized spacial score (nSPS) is 19.1. The predicted octanol–water partition coefficient (Wildman–Crippen LogP) is 0.703. The molecule has 15 heavy (non-hydrogen) atoms. The molecule has 0 saturated carbocycles. The monoisotopic (exact) mass is 236 g/mol. The molecule has 5 heteroatoms. The van der Waals surface area contributed by atoms with E-state index >= 15 is 0 Å². The molecule has 1 aliphatic heterocycles. The molecule has 4 nitrogen and oxygen atoms in total. The average molecular weight is 237 g/mol. The van der Waals surface area contributed by atoms with Gasteiger partial charge in [-0.2, -0.15) is 0 Å². The van der Waals surface area contributed by atoms with Gasteiger partial charge < -0.3 is 15.4 Å². The van der Waals surface area contributed by atoms with Crippen molar-refractivity contribution >= 4 is 18.3 Å². The van der Waals surface area contributed by atoms with E-state index in [1.54, 1.807) is 7.11 Å². The largest absolute Gasteiger partial charge is 0.368 e. The van der Waals surface area contributed by atoms with Crippen molar-refractivity contribution < 1.29 is 9.53 Å². The quantitative estimate of drug-likeness (QED) is 0.756. The Balaban J connectivity index is 0.00000196. The lowest BCUT2D eigenvalue weighted by Crippen LogP contribution is -2.54. The molecule has 1 fully saturated rings. The summed E-state index contributed by atoms with van der Waals surface area (Å²) in [5.74, 6) is 0.0448. The fourth-order valence-corrected chi connectivity index (χ4v) is 1.75. The first-order chi connectivity index (χ1) is 6.75. The number of hydrogen-bond donors (Lipinski definition) is 2. The number of halogens is 1. The van der Waals surface area contributed by atoms with E-state index in [0.717, 1.165) is 38.9 Å². The molecular weight excluding hydrogens is 216 g/mol. The number of carbonyl (C=O) groups is 1. The van der Waals surface area contributed by atoms with Crippen LogP contribution in [-0.2, 0) is 9.53 Å². The van der Waals surface area contributed by atoms with E-state index in [1.165, 1.54) is 0 Å². The molecule has 0 bridgehead atoms. The van der Waals surface area contributed by atoms with Gasteiger partial charge in [-0.1, -0.05) is 6.92 Å². The highest BCUT2D eigenvalue weighted by Gasteiger charge is 2.39. The fraction of sp³-hybridized carbons (Fsp3) is 0.900. The number of piperidine rings is 1. The van der Waals surface area contributed by atoms with Crippen molar-refractivity contribution in [2.24, 2.45) is 0 Å². The van der Waals surface area contributed by atoms with Gasteiger partial charge in [0, 0.05) is 13.7 Å². The lowest BCUT2D eigenvalue weighted by molar-refractivity contribution is -0.146. The van der Waals surface area contributed by atoms with Gasteiger partial charge in [-0.15, -0.1) is 12.4 Å². The molecule has 1 heterocycles. The van der Waals surface area contributed by atoms with Crippen LogP contribution in [0.25, 0.3) is 0 Å². The first kappa shape index (κ1) is 14.7. The topological polar surface area (TPSA) is 50.4 Å². The summed E-state index contributed by atoms with van der Waals surface area (Å²) in [5, 5.41) is 6.13. The maximum absolute atomic E-state index is 11.8. The van der Waals surface area contributed by atoms with Gasteiger partial charge in [0.1, 0.15) is 5.60 Å². The smallest absolute Gasteiger partial charge is 0.252 e. The van der Waals surface area contributed by atoms with E-state index in [9.17, 15) is 4.79 Å². The Kier molecular flexibility index (Phi) is 6.89. The van der Waals surface area contributed by atoms with Crippen molar-refractivity contribution in [1.82, 2.24) is 10.6 Å². The van der Waals surface area contributed by atoms with Crippen LogP contribution in [-0.4, -0.2) is 38.3 Å². The average Bonchev–Trinajstić information content (AvgIpc) is 2.26. The molecule has 0 unspecified atom stereocenters. The highest BCUT2D eigenvalue weighted by molar-refractivity contribution is 5.85. The number of ether oxygens (including phenoxy) is 1. The lowest BCUT2D eigenvalue weighted by atomic mass is 9.91. The van der Waals surface area contributed by atoms with Gasteiger partial charge in [-0.05, 0) is 32.4 Å². The number of nitrogens with one attached hydrogen (secondary N) is 2. The minimum Gasteiger partial charge on any atom is -0.368 e.